The summed E-state index contributed by atoms with van der Waals surface area (Å²) in [4.78, 5) is 12.2. The molecule has 92 valence electrons. The molecule has 1 unspecified atom stereocenters. The maximum Gasteiger partial charge on any atom is 0.234 e. The largest absolute Gasteiger partial charge is 0.393 e. The van der Waals surface area contributed by atoms with E-state index < -0.39 is 0 Å². The Morgan fingerprint density at radius 2 is 2.29 bits per heavy atom. The molecular weight excluding hydrogens is 347 g/mol. The predicted octanol–water partition coefficient (Wildman–Crippen LogP) is 2.93. The van der Waals surface area contributed by atoms with Crippen LogP contribution < -0.4 is 11.1 Å². The van der Waals surface area contributed by atoms with E-state index in [1.165, 1.54) is 0 Å². The lowest BCUT2D eigenvalue weighted by molar-refractivity contribution is -0.118. The van der Waals surface area contributed by atoms with E-state index in [2.05, 4.69) is 27.9 Å². The number of nitrogens with two attached hydrogens (primary N) is 1. The molecule has 1 aromatic carbocycles. The summed E-state index contributed by atoms with van der Waals surface area (Å²) in [5, 5.41) is 2.84. The van der Waals surface area contributed by atoms with Crippen LogP contribution in [0.2, 0.25) is 0 Å². The molecule has 0 fully saturated rings. The summed E-state index contributed by atoms with van der Waals surface area (Å²) in [5.41, 5.74) is 6.35. The third-order valence-electron chi connectivity index (χ3n) is 2.33. The van der Waals surface area contributed by atoms with Crippen LogP contribution in [0.25, 0.3) is 0 Å². The van der Waals surface area contributed by atoms with Crippen LogP contribution in [0.1, 0.15) is 19.8 Å². The number of carbonyl (C=O) groups is 1. The van der Waals surface area contributed by atoms with E-state index in [-0.39, 0.29) is 16.8 Å². The second-order valence-corrected chi connectivity index (χ2v) is 5.46. The molecule has 0 radical (unpaired) electrons. The molecule has 0 aliphatic carbocycles. The van der Waals surface area contributed by atoms with E-state index in [4.69, 9.17) is 18.0 Å². The van der Waals surface area contributed by atoms with E-state index in [0.717, 1.165) is 15.7 Å². The normalized spacial score (nSPS) is 11.9. The zero-order valence-corrected chi connectivity index (χ0v) is 12.5. The van der Waals surface area contributed by atoms with Gasteiger partial charge in [0.1, 0.15) is 0 Å². The Balaban J connectivity index is 2.73. The smallest absolute Gasteiger partial charge is 0.234 e. The first-order chi connectivity index (χ1) is 8.04. The van der Waals surface area contributed by atoms with Gasteiger partial charge in [-0.25, -0.2) is 0 Å². The summed E-state index contributed by atoms with van der Waals surface area (Å²) in [6.07, 6.45) is 1.56. The maximum atomic E-state index is 12.0. The van der Waals surface area contributed by atoms with Gasteiger partial charge in [-0.15, -0.1) is 0 Å². The third kappa shape index (κ3) is 4.59. The van der Waals surface area contributed by atoms with Crippen LogP contribution in [-0.4, -0.2) is 10.9 Å². The van der Waals surface area contributed by atoms with Crippen molar-refractivity contribution in [1.82, 2.24) is 0 Å². The van der Waals surface area contributed by atoms with Crippen molar-refractivity contribution in [2.24, 2.45) is 11.7 Å². The van der Waals surface area contributed by atoms with Crippen molar-refractivity contribution in [3.8, 4) is 0 Å². The minimum atomic E-state index is -0.382. The van der Waals surface area contributed by atoms with Crippen molar-refractivity contribution in [2.45, 2.75) is 19.8 Å². The first-order valence-corrected chi connectivity index (χ1v) is 6.89. The molecule has 0 bridgehead atoms. The number of thiocarbonyl (C=S) groups is 1. The number of halogens is 1. The summed E-state index contributed by atoms with van der Waals surface area (Å²) in [7, 11) is 0. The van der Waals surface area contributed by atoms with Gasteiger partial charge in [0.05, 0.1) is 10.9 Å². The van der Waals surface area contributed by atoms with Crippen molar-refractivity contribution in [3.63, 3.8) is 0 Å². The Morgan fingerprint density at radius 3 is 2.82 bits per heavy atom. The molecule has 3 nitrogen and oxygen atoms in total. The molecule has 1 atom stereocenters. The van der Waals surface area contributed by atoms with Crippen LogP contribution in [0, 0.1) is 9.49 Å². The highest BCUT2D eigenvalue weighted by Crippen LogP contribution is 2.15. The van der Waals surface area contributed by atoms with Crippen molar-refractivity contribution >= 4 is 51.4 Å². The number of amides is 1. The first kappa shape index (κ1) is 14.4. The van der Waals surface area contributed by atoms with Gasteiger partial charge in [-0.05, 0) is 47.2 Å². The molecule has 0 saturated carbocycles. The van der Waals surface area contributed by atoms with Gasteiger partial charge in [-0.1, -0.05) is 31.6 Å². The molecule has 0 heterocycles. The number of nitrogens with one attached hydrogen (secondary N) is 1. The van der Waals surface area contributed by atoms with Crippen LogP contribution in [0.15, 0.2) is 24.3 Å². The van der Waals surface area contributed by atoms with Crippen LogP contribution in [0.4, 0.5) is 5.69 Å². The average Bonchev–Trinajstić information content (AvgIpc) is 2.25. The van der Waals surface area contributed by atoms with Gasteiger partial charge >= 0.3 is 0 Å². The zero-order valence-electron chi connectivity index (χ0n) is 9.57. The Morgan fingerprint density at radius 1 is 1.59 bits per heavy atom. The predicted molar refractivity (Wildman–Crippen MR) is 83.0 cm³/mol. The zero-order chi connectivity index (χ0) is 12.8. The number of carbonyl (C=O) groups excluding carboxylic acids is 1. The van der Waals surface area contributed by atoms with E-state index >= 15 is 0 Å². The molecule has 0 aromatic heterocycles. The summed E-state index contributed by atoms with van der Waals surface area (Å²) in [5.74, 6) is -0.505. The second kappa shape index (κ2) is 6.90. The lowest BCUT2D eigenvalue weighted by Crippen LogP contribution is -2.33. The lowest BCUT2D eigenvalue weighted by Gasteiger charge is -2.14. The van der Waals surface area contributed by atoms with Crippen molar-refractivity contribution < 1.29 is 4.79 Å². The van der Waals surface area contributed by atoms with Gasteiger partial charge < -0.3 is 11.1 Å². The summed E-state index contributed by atoms with van der Waals surface area (Å²) < 4.78 is 1.07. The van der Waals surface area contributed by atoms with Gasteiger partial charge in [0.15, 0.2) is 0 Å². The van der Waals surface area contributed by atoms with E-state index in [9.17, 15) is 4.79 Å². The summed E-state index contributed by atoms with van der Waals surface area (Å²) >= 11 is 7.11. The molecule has 1 rings (SSSR count). The van der Waals surface area contributed by atoms with E-state index in [1.54, 1.807) is 0 Å². The Bertz CT molecular complexity index is 423. The SMILES string of the molecule is CCCC(C(=O)Nc1cccc(I)c1)C(N)=S. The highest BCUT2D eigenvalue weighted by Gasteiger charge is 2.20. The van der Waals surface area contributed by atoms with Crippen LogP contribution >= 0.6 is 34.8 Å². The Hall–Kier alpha value is -0.690. The second-order valence-electron chi connectivity index (χ2n) is 3.74. The molecule has 3 N–H and O–H groups in total. The monoisotopic (exact) mass is 362 g/mol. The van der Waals surface area contributed by atoms with Gasteiger partial charge in [0, 0.05) is 9.26 Å². The summed E-state index contributed by atoms with van der Waals surface area (Å²) in [6, 6.07) is 7.62. The number of benzene rings is 1. The highest BCUT2D eigenvalue weighted by molar-refractivity contribution is 14.1. The van der Waals surface area contributed by atoms with Gasteiger partial charge in [-0.3, -0.25) is 4.79 Å². The van der Waals surface area contributed by atoms with Crippen LogP contribution in [0.3, 0.4) is 0 Å². The van der Waals surface area contributed by atoms with Crippen molar-refractivity contribution in [1.29, 1.82) is 0 Å². The Labute approximate surface area is 120 Å². The van der Waals surface area contributed by atoms with Crippen LogP contribution in [0.5, 0.6) is 0 Å². The van der Waals surface area contributed by atoms with Crippen LogP contribution in [-0.2, 0) is 4.79 Å². The fourth-order valence-electron chi connectivity index (χ4n) is 1.49. The molecular formula is C12H15IN2OS. The fraction of sp³-hybridized carbons (Fsp3) is 0.333. The molecule has 5 heteroatoms. The third-order valence-corrected chi connectivity index (χ3v) is 3.28. The minimum Gasteiger partial charge on any atom is -0.393 e. The van der Waals surface area contributed by atoms with Crippen molar-refractivity contribution in [3.05, 3.63) is 27.8 Å². The maximum absolute atomic E-state index is 12.0. The number of hydrogen-bond donors (Lipinski definition) is 2. The topological polar surface area (TPSA) is 55.1 Å². The van der Waals surface area contributed by atoms with Crippen molar-refractivity contribution in [2.75, 3.05) is 5.32 Å². The van der Waals surface area contributed by atoms with Gasteiger partial charge in [0.2, 0.25) is 5.91 Å². The first-order valence-electron chi connectivity index (χ1n) is 5.40. The molecule has 17 heavy (non-hydrogen) atoms. The number of rotatable bonds is 5. The standard InChI is InChI=1S/C12H15IN2OS/c1-2-4-10(11(14)17)12(16)15-9-6-3-5-8(13)7-9/h3,5-7,10H,2,4H2,1H3,(H2,14,17)(H,15,16). The molecule has 0 spiro atoms. The van der Waals surface area contributed by atoms with E-state index in [1.807, 2.05) is 31.2 Å². The fourth-order valence-corrected chi connectivity index (χ4v) is 2.25. The molecule has 1 amide bonds. The molecule has 0 aliphatic heterocycles. The average molecular weight is 362 g/mol. The number of anilines is 1. The molecule has 0 aliphatic rings. The quantitative estimate of drug-likeness (QED) is 0.626. The van der Waals surface area contributed by atoms with Gasteiger partial charge in [0.25, 0.3) is 0 Å². The highest BCUT2D eigenvalue weighted by atomic mass is 127. The Kier molecular flexibility index (Phi) is 5.84. The molecule has 0 saturated heterocycles. The summed E-state index contributed by atoms with van der Waals surface area (Å²) in [6.45, 7) is 2.00. The number of hydrogen-bond acceptors (Lipinski definition) is 2. The minimum absolute atomic E-state index is 0.124. The lowest BCUT2D eigenvalue weighted by atomic mass is 10.0. The van der Waals surface area contributed by atoms with Gasteiger partial charge in [-0.2, -0.15) is 0 Å². The van der Waals surface area contributed by atoms with E-state index in [0.29, 0.717) is 6.42 Å². The molecule has 1 aromatic rings.